The van der Waals surface area contributed by atoms with Gasteiger partial charge in [0.2, 0.25) is 5.91 Å². The lowest BCUT2D eigenvalue weighted by atomic mass is 10.1. The van der Waals surface area contributed by atoms with Crippen molar-refractivity contribution in [3.05, 3.63) is 75.7 Å². The Labute approximate surface area is 212 Å². The molecule has 4 rings (SSSR count). The van der Waals surface area contributed by atoms with Crippen molar-refractivity contribution in [3.8, 4) is 0 Å². The molecule has 36 heavy (non-hydrogen) atoms. The standard InChI is InChI=1S/C26H28N4O5S/c1-16-4-2-3-5-21(16)29-26(35)28-18-8-6-17(7-9-18)12-23(32)30-15-19(31)13-22(30)25-27-14-20(36-25)10-11-24(33)34/h2-9,14,19,22,31H,10-13,15H2,1H3,(H,33,34)(H2,28,29,35). The van der Waals surface area contributed by atoms with Gasteiger partial charge in [-0.2, -0.15) is 0 Å². The smallest absolute Gasteiger partial charge is 0.323 e. The van der Waals surface area contributed by atoms with E-state index in [0.717, 1.165) is 21.7 Å². The molecule has 1 aromatic heterocycles. The largest absolute Gasteiger partial charge is 0.481 e. The number of thiazole rings is 1. The van der Waals surface area contributed by atoms with Gasteiger partial charge in [0.1, 0.15) is 5.01 Å². The molecule has 0 radical (unpaired) electrons. The van der Waals surface area contributed by atoms with Gasteiger partial charge < -0.3 is 25.7 Å². The summed E-state index contributed by atoms with van der Waals surface area (Å²) in [4.78, 5) is 43.1. The second-order valence-electron chi connectivity index (χ2n) is 8.78. The van der Waals surface area contributed by atoms with Gasteiger partial charge in [-0.15, -0.1) is 11.3 Å². The number of para-hydroxylation sites is 1. The van der Waals surface area contributed by atoms with Crippen LogP contribution in [0.1, 0.15) is 39.9 Å². The third kappa shape index (κ3) is 6.46. The molecule has 2 aromatic carbocycles. The molecule has 3 amide bonds. The average Bonchev–Trinajstić information content (AvgIpc) is 3.47. The number of carboxylic acids is 1. The van der Waals surface area contributed by atoms with Crippen LogP contribution in [-0.4, -0.2) is 50.7 Å². The summed E-state index contributed by atoms with van der Waals surface area (Å²) < 4.78 is 0. The summed E-state index contributed by atoms with van der Waals surface area (Å²) in [5, 5.41) is 25.4. The van der Waals surface area contributed by atoms with Crippen molar-refractivity contribution >= 4 is 40.6 Å². The van der Waals surface area contributed by atoms with Gasteiger partial charge in [-0.3, -0.25) is 9.59 Å². The number of nitrogens with zero attached hydrogens (tertiary/aromatic N) is 2. The molecule has 2 unspecified atom stereocenters. The van der Waals surface area contributed by atoms with E-state index >= 15 is 0 Å². The Morgan fingerprint density at radius 1 is 1.11 bits per heavy atom. The fourth-order valence-corrected chi connectivity index (χ4v) is 5.17. The van der Waals surface area contributed by atoms with Crippen LogP contribution < -0.4 is 10.6 Å². The highest BCUT2D eigenvalue weighted by Gasteiger charge is 2.36. The third-order valence-corrected chi connectivity index (χ3v) is 7.16. The number of benzene rings is 2. The van der Waals surface area contributed by atoms with Gasteiger partial charge in [0.15, 0.2) is 0 Å². The summed E-state index contributed by atoms with van der Waals surface area (Å²) in [5.41, 5.74) is 3.07. The zero-order valence-corrected chi connectivity index (χ0v) is 20.6. The van der Waals surface area contributed by atoms with Crippen molar-refractivity contribution in [2.45, 2.75) is 44.8 Å². The molecule has 0 aliphatic carbocycles. The highest BCUT2D eigenvalue weighted by Crippen LogP contribution is 2.35. The lowest BCUT2D eigenvalue weighted by Crippen LogP contribution is -2.33. The van der Waals surface area contributed by atoms with E-state index in [2.05, 4.69) is 15.6 Å². The van der Waals surface area contributed by atoms with Crippen LogP contribution in [0.15, 0.2) is 54.7 Å². The molecule has 1 aliphatic rings. The molecule has 188 valence electrons. The van der Waals surface area contributed by atoms with Crippen molar-refractivity contribution in [2.75, 3.05) is 17.2 Å². The Morgan fingerprint density at radius 2 is 1.86 bits per heavy atom. The van der Waals surface area contributed by atoms with E-state index < -0.39 is 12.1 Å². The number of β-amino-alcohol motifs (C(OH)–C–C–N with tert-alkyl or cyclic N) is 1. The van der Waals surface area contributed by atoms with Gasteiger partial charge in [0.25, 0.3) is 0 Å². The molecule has 1 saturated heterocycles. The van der Waals surface area contributed by atoms with Gasteiger partial charge in [-0.25, -0.2) is 9.78 Å². The number of likely N-dealkylation sites (tertiary alicyclic amines) is 1. The summed E-state index contributed by atoms with van der Waals surface area (Å²) >= 11 is 1.38. The zero-order chi connectivity index (χ0) is 25.7. The van der Waals surface area contributed by atoms with Crippen molar-refractivity contribution in [3.63, 3.8) is 0 Å². The molecular formula is C26H28N4O5S. The number of aliphatic carboxylic acids is 1. The summed E-state index contributed by atoms with van der Waals surface area (Å²) in [5.74, 6) is -0.997. The van der Waals surface area contributed by atoms with E-state index in [1.165, 1.54) is 11.3 Å². The third-order valence-electron chi connectivity index (χ3n) is 6.00. The summed E-state index contributed by atoms with van der Waals surface area (Å²) in [6.07, 6.45) is 1.98. The molecule has 3 aromatic rings. The van der Waals surface area contributed by atoms with E-state index in [0.29, 0.717) is 23.5 Å². The van der Waals surface area contributed by atoms with Crippen molar-refractivity contribution in [1.29, 1.82) is 0 Å². The Morgan fingerprint density at radius 3 is 2.58 bits per heavy atom. The fraction of sp³-hybridized carbons (Fsp3) is 0.308. The highest BCUT2D eigenvalue weighted by molar-refractivity contribution is 7.11. The van der Waals surface area contributed by atoms with Crippen molar-refractivity contribution in [2.24, 2.45) is 0 Å². The first-order valence-corrected chi connectivity index (χ1v) is 12.5. The van der Waals surface area contributed by atoms with Crippen LogP contribution in [0.5, 0.6) is 0 Å². The number of aliphatic hydroxyl groups excluding tert-OH is 1. The quantitative estimate of drug-likeness (QED) is 0.364. The van der Waals surface area contributed by atoms with Gasteiger partial charge in [0, 0.05) is 35.4 Å². The van der Waals surface area contributed by atoms with Crippen LogP contribution in [-0.2, 0) is 22.4 Å². The van der Waals surface area contributed by atoms with Gasteiger partial charge >= 0.3 is 12.0 Å². The summed E-state index contributed by atoms with van der Waals surface area (Å²) in [7, 11) is 0. The Bertz CT molecular complexity index is 1240. The number of hydrogen-bond acceptors (Lipinski definition) is 6. The molecule has 0 bridgehead atoms. The first-order chi connectivity index (χ1) is 17.3. The molecule has 2 heterocycles. The number of anilines is 2. The maximum Gasteiger partial charge on any atom is 0.323 e. The number of urea groups is 1. The van der Waals surface area contributed by atoms with Crippen LogP contribution in [0, 0.1) is 6.92 Å². The zero-order valence-electron chi connectivity index (χ0n) is 19.8. The fourth-order valence-electron chi connectivity index (χ4n) is 4.13. The number of aromatic nitrogens is 1. The van der Waals surface area contributed by atoms with Crippen LogP contribution >= 0.6 is 11.3 Å². The second kappa shape index (κ2) is 11.3. The van der Waals surface area contributed by atoms with Crippen molar-refractivity contribution < 1.29 is 24.6 Å². The van der Waals surface area contributed by atoms with Crippen LogP contribution in [0.4, 0.5) is 16.2 Å². The van der Waals surface area contributed by atoms with E-state index in [1.54, 1.807) is 35.4 Å². The van der Waals surface area contributed by atoms with Crippen LogP contribution in [0.25, 0.3) is 0 Å². The lowest BCUT2D eigenvalue weighted by Gasteiger charge is -2.23. The molecule has 1 aliphatic heterocycles. The maximum atomic E-state index is 13.1. The van der Waals surface area contributed by atoms with E-state index in [9.17, 15) is 19.5 Å². The Kier molecular flexibility index (Phi) is 7.97. The summed E-state index contributed by atoms with van der Waals surface area (Å²) in [6.45, 7) is 2.14. The first-order valence-electron chi connectivity index (χ1n) is 11.6. The van der Waals surface area contributed by atoms with Gasteiger partial charge in [-0.05, 0) is 42.7 Å². The topological polar surface area (TPSA) is 132 Å². The van der Waals surface area contributed by atoms with E-state index in [-0.39, 0.29) is 37.4 Å². The first kappa shape index (κ1) is 25.3. The number of nitrogens with one attached hydrogen (secondary N) is 2. The number of aryl methyl sites for hydroxylation is 2. The SMILES string of the molecule is Cc1ccccc1NC(=O)Nc1ccc(CC(=O)N2CC(O)CC2c2ncc(CCC(=O)O)s2)cc1. The minimum Gasteiger partial charge on any atom is -0.481 e. The molecule has 0 saturated carbocycles. The summed E-state index contributed by atoms with van der Waals surface area (Å²) in [6, 6.07) is 13.9. The number of carbonyl (C=O) groups excluding carboxylic acids is 2. The number of rotatable bonds is 8. The molecule has 10 heteroatoms. The minimum absolute atomic E-state index is 0.0238. The predicted molar refractivity (Wildman–Crippen MR) is 137 cm³/mol. The van der Waals surface area contributed by atoms with Gasteiger partial charge in [0.05, 0.1) is 25.0 Å². The Balaban J connectivity index is 1.35. The molecule has 1 fully saturated rings. The van der Waals surface area contributed by atoms with E-state index in [1.807, 2.05) is 31.2 Å². The molecule has 9 nitrogen and oxygen atoms in total. The monoisotopic (exact) mass is 508 g/mol. The number of carboxylic acid groups (broad SMARTS) is 1. The molecule has 2 atom stereocenters. The lowest BCUT2D eigenvalue weighted by molar-refractivity contribution is -0.137. The number of carbonyl (C=O) groups is 3. The second-order valence-corrected chi connectivity index (χ2v) is 9.92. The minimum atomic E-state index is -0.869. The van der Waals surface area contributed by atoms with Crippen LogP contribution in [0.2, 0.25) is 0 Å². The number of hydrogen-bond donors (Lipinski definition) is 4. The highest BCUT2D eigenvalue weighted by atomic mass is 32.1. The predicted octanol–water partition coefficient (Wildman–Crippen LogP) is 3.99. The molecule has 0 spiro atoms. The number of aliphatic hydroxyl groups is 1. The normalized spacial score (nSPS) is 17.1. The average molecular weight is 509 g/mol. The maximum absolute atomic E-state index is 13.1. The number of amides is 3. The van der Waals surface area contributed by atoms with Gasteiger partial charge in [-0.1, -0.05) is 30.3 Å². The Hall–Kier alpha value is -3.76. The molecular weight excluding hydrogens is 480 g/mol. The molecule has 4 N–H and O–H groups in total. The van der Waals surface area contributed by atoms with Crippen LogP contribution in [0.3, 0.4) is 0 Å². The van der Waals surface area contributed by atoms with Crippen molar-refractivity contribution in [1.82, 2.24) is 9.88 Å². The van der Waals surface area contributed by atoms with E-state index in [4.69, 9.17) is 5.11 Å².